The van der Waals surface area contributed by atoms with Crippen LogP contribution in [0.15, 0.2) is 24.3 Å². The van der Waals surface area contributed by atoms with Crippen molar-refractivity contribution in [2.75, 3.05) is 56.5 Å². The summed E-state index contributed by atoms with van der Waals surface area (Å²) in [6, 6.07) is 10.3. The lowest BCUT2D eigenvalue weighted by Crippen LogP contribution is -2.48. The Bertz CT molecular complexity index is 522. The number of hydrogen-bond acceptors (Lipinski definition) is 4. The summed E-state index contributed by atoms with van der Waals surface area (Å²) in [7, 11) is 2.23. The van der Waals surface area contributed by atoms with Gasteiger partial charge in [-0.15, -0.1) is 0 Å². The predicted octanol–water partition coefficient (Wildman–Crippen LogP) is 2.97. The van der Waals surface area contributed by atoms with Gasteiger partial charge in [0.1, 0.15) is 0 Å². The van der Waals surface area contributed by atoms with Gasteiger partial charge in [0.2, 0.25) is 0 Å². The van der Waals surface area contributed by atoms with E-state index in [9.17, 15) is 0 Å². The molecule has 0 amide bonds. The summed E-state index contributed by atoms with van der Waals surface area (Å²) >= 11 is 0. The number of hydrogen-bond donors (Lipinski definition) is 1. The molecule has 2 atom stereocenters. The number of benzene rings is 1. The third-order valence-electron chi connectivity index (χ3n) is 5.72. The lowest BCUT2D eigenvalue weighted by molar-refractivity contribution is 0.206. The van der Waals surface area contributed by atoms with E-state index in [1.54, 1.807) is 0 Å². The Hall–Kier alpha value is -1.26. The number of nitrogens with zero attached hydrogens (tertiary/aromatic N) is 3. The molecule has 1 aromatic rings. The molecule has 1 aromatic carbocycles. The van der Waals surface area contributed by atoms with Gasteiger partial charge < -0.3 is 15.1 Å². The van der Waals surface area contributed by atoms with Gasteiger partial charge in [0.05, 0.1) is 0 Å². The first kappa shape index (κ1) is 17.6. The van der Waals surface area contributed by atoms with Gasteiger partial charge in [-0.05, 0) is 58.0 Å². The van der Waals surface area contributed by atoms with Gasteiger partial charge in [-0.1, -0.05) is 13.0 Å². The lowest BCUT2D eigenvalue weighted by Gasteiger charge is -2.38. The van der Waals surface area contributed by atoms with Crippen molar-refractivity contribution in [2.45, 2.75) is 39.3 Å². The summed E-state index contributed by atoms with van der Waals surface area (Å²) in [5, 5.41) is 3.79. The average molecular weight is 331 g/mol. The molecule has 0 aliphatic carbocycles. The SMILES string of the molecule is CC(C)N1CCN(c2cccc(N[C@@H]3CCN(C)C[C@@H]3C)c2)CC1. The maximum absolute atomic E-state index is 3.79. The van der Waals surface area contributed by atoms with Gasteiger partial charge in [-0.25, -0.2) is 0 Å². The van der Waals surface area contributed by atoms with Crippen LogP contribution in [0.1, 0.15) is 27.2 Å². The number of piperazine rings is 1. The van der Waals surface area contributed by atoms with Crippen LogP contribution >= 0.6 is 0 Å². The fraction of sp³-hybridized carbons (Fsp3) is 0.700. The number of rotatable bonds is 4. The molecule has 134 valence electrons. The Morgan fingerprint density at radius 2 is 1.83 bits per heavy atom. The molecule has 0 spiro atoms. The second-order valence-electron chi connectivity index (χ2n) is 7.95. The Balaban J connectivity index is 1.60. The summed E-state index contributed by atoms with van der Waals surface area (Å²) in [5.41, 5.74) is 2.64. The molecule has 0 radical (unpaired) electrons. The lowest BCUT2D eigenvalue weighted by atomic mass is 9.94. The largest absolute Gasteiger partial charge is 0.382 e. The highest BCUT2D eigenvalue weighted by Crippen LogP contribution is 2.25. The zero-order valence-corrected chi connectivity index (χ0v) is 15.8. The number of anilines is 2. The molecule has 24 heavy (non-hydrogen) atoms. The highest BCUT2D eigenvalue weighted by atomic mass is 15.3. The minimum Gasteiger partial charge on any atom is -0.382 e. The molecule has 0 unspecified atom stereocenters. The number of piperidine rings is 1. The molecule has 1 N–H and O–H groups in total. The van der Waals surface area contributed by atoms with Crippen molar-refractivity contribution >= 4 is 11.4 Å². The highest BCUT2D eigenvalue weighted by molar-refractivity contribution is 5.58. The predicted molar refractivity (Wildman–Crippen MR) is 104 cm³/mol. The summed E-state index contributed by atoms with van der Waals surface area (Å²) in [6.07, 6.45) is 1.23. The van der Waals surface area contributed by atoms with Crippen LogP contribution in [0.5, 0.6) is 0 Å². The Labute approximate surface area is 147 Å². The van der Waals surface area contributed by atoms with E-state index < -0.39 is 0 Å². The molecule has 3 rings (SSSR count). The molecule has 0 saturated carbocycles. The molecule has 2 aliphatic rings. The molecular formula is C20H34N4. The van der Waals surface area contributed by atoms with Crippen molar-refractivity contribution in [3.05, 3.63) is 24.3 Å². The molecule has 4 nitrogen and oxygen atoms in total. The van der Waals surface area contributed by atoms with Crippen molar-refractivity contribution in [3.63, 3.8) is 0 Å². The van der Waals surface area contributed by atoms with E-state index in [1.807, 2.05) is 0 Å². The molecule has 2 fully saturated rings. The first-order valence-electron chi connectivity index (χ1n) is 9.57. The summed E-state index contributed by atoms with van der Waals surface area (Å²) in [6.45, 7) is 13.9. The van der Waals surface area contributed by atoms with Gasteiger partial charge in [0.25, 0.3) is 0 Å². The minimum atomic E-state index is 0.592. The fourth-order valence-corrected chi connectivity index (χ4v) is 4.07. The first-order chi connectivity index (χ1) is 11.5. The maximum atomic E-state index is 3.79. The third-order valence-corrected chi connectivity index (χ3v) is 5.72. The topological polar surface area (TPSA) is 21.8 Å². The average Bonchev–Trinajstić information content (AvgIpc) is 2.58. The Kier molecular flexibility index (Phi) is 5.67. The smallest absolute Gasteiger partial charge is 0.0387 e. The summed E-state index contributed by atoms with van der Waals surface area (Å²) < 4.78 is 0. The quantitative estimate of drug-likeness (QED) is 0.916. The van der Waals surface area contributed by atoms with Crippen LogP contribution in [-0.4, -0.2) is 68.2 Å². The highest BCUT2D eigenvalue weighted by Gasteiger charge is 2.24. The zero-order chi connectivity index (χ0) is 17.1. The van der Waals surface area contributed by atoms with E-state index in [-0.39, 0.29) is 0 Å². The van der Waals surface area contributed by atoms with Crippen LogP contribution in [0, 0.1) is 5.92 Å². The van der Waals surface area contributed by atoms with Crippen molar-refractivity contribution in [3.8, 4) is 0 Å². The van der Waals surface area contributed by atoms with E-state index in [4.69, 9.17) is 0 Å². The van der Waals surface area contributed by atoms with Crippen molar-refractivity contribution in [1.82, 2.24) is 9.80 Å². The standard InChI is InChI=1S/C20H34N4/c1-16(2)23-10-12-24(13-11-23)19-7-5-6-18(14-19)21-20-8-9-22(4)15-17(20)3/h5-7,14,16-17,20-21H,8-13,15H2,1-4H3/t17-,20+/m0/s1. The van der Waals surface area contributed by atoms with Crippen LogP contribution in [0.3, 0.4) is 0 Å². The second kappa shape index (κ2) is 7.75. The molecular weight excluding hydrogens is 296 g/mol. The van der Waals surface area contributed by atoms with Crippen LogP contribution in [0.25, 0.3) is 0 Å². The van der Waals surface area contributed by atoms with Crippen molar-refractivity contribution in [2.24, 2.45) is 5.92 Å². The van der Waals surface area contributed by atoms with E-state index in [0.29, 0.717) is 18.0 Å². The Morgan fingerprint density at radius 1 is 1.08 bits per heavy atom. The third kappa shape index (κ3) is 4.22. The van der Waals surface area contributed by atoms with Crippen molar-refractivity contribution < 1.29 is 0 Å². The molecule has 2 saturated heterocycles. The number of likely N-dealkylation sites (tertiary alicyclic amines) is 1. The van der Waals surface area contributed by atoms with Crippen LogP contribution < -0.4 is 10.2 Å². The van der Waals surface area contributed by atoms with Crippen molar-refractivity contribution in [1.29, 1.82) is 0 Å². The van der Waals surface area contributed by atoms with E-state index >= 15 is 0 Å². The van der Waals surface area contributed by atoms with Gasteiger partial charge >= 0.3 is 0 Å². The fourth-order valence-electron chi connectivity index (χ4n) is 4.07. The van der Waals surface area contributed by atoms with Gasteiger partial charge in [-0.3, -0.25) is 4.90 Å². The zero-order valence-electron chi connectivity index (χ0n) is 15.8. The number of nitrogens with one attached hydrogen (secondary N) is 1. The maximum Gasteiger partial charge on any atom is 0.0387 e. The van der Waals surface area contributed by atoms with E-state index in [1.165, 1.54) is 44.0 Å². The minimum absolute atomic E-state index is 0.592. The van der Waals surface area contributed by atoms with Gasteiger partial charge in [-0.2, -0.15) is 0 Å². The second-order valence-corrected chi connectivity index (χ2v) is 7.95. The normalized spacial score (nSPS) is 26.8. The van der Waals surface area contributed by atoms with Crippen LogP contribution in [-0.2, 0) is 0 Å². The molecule has 2 heterocycles. The van der Waals surface area contributed by atoms with E-state index in [2.05, 4.69) is 72.1 Å². The molecule has 4 heteroatoms. The monoisotopic (exact) mass is 330 g/mol. The van der Waals surface area contributed by atoms with Crippen LogP contribution in [0.2, 0.25) is 0 Å². The Morgan fingerprint density at radius 3 is 2.50 bits per heavy atom. The first-order valence-corrected chi connectivity index (χ1v) is 9.57. The molecule has 2 aliphatic heterocycles. The molecule has 0 bridgehead atoms. The van der Waals surface area contributed by atoms with E-state index in [0.717, 1.165) is 13.1 Å². The summed E-state index contributed by atoms with van der Waals surface area (Å²) in [5.74, 6) is 0.696. The molecule has 0 aromatic heterocycles. The van der Waals surface area contributed by atoms with Gasteiger partial charge in [0.15, 0.2) is 0 Å². The van der Waals surface area contributed by atoms with Gasteiger partial charge in [0, 0.05) is 56.2 Å². The van der Waals surface area contributed by atoms with Crippen LogP contribution in [0.4, 0.5) is 11.4 Å². The summed E-state index contributed by atoms with van der Waals surface area (Å²) in [4.78, 5) is 7.54.